The fraction of sp³-hybridized carbons (Fsp3) is 0. The van der Waals surface area contributed by atoms with Crippen LogP contribution in [0.15, 0.2) is 44.3 Å². The molecule has 0 saturated carbocycles. The molecule has 0 atom stereocenters. The zero-order chi connectivity index (χ0) is 13.4. The van der Waals surface area contributed by atoms with Gasteiger partial charge in [0.2, 0.25) is 0 Å². The number of nitrogens with two attached hydrogens (primary N) is 1. The average Bonchev–Trinajstić information content (AvgIpc) is 2.69. The van der Waals surface area contributed by atoms with Crippen molar-refractivity contribution in [1.82, 2.24) is 9.97 Å². The molecule has 0 amide bonds. The van der Waals surface area contributed by atoms with E-state index in [2.05, 4.69) is 25.9 Å². The van der Waals surface area contributed by atoms with Gasteiger partial charge in [-0.3, -0.25) is 9.97 Å². The molecule has 0 fully saturated rings. The zero-order valence-electron chi connectivity index (χ0n) is 9.51. The molecule has 0 unspecified atom stereocenters. The molecule has 6 nitrogen and oxygen atoms in total. The SMILES string of the molecule is Nc1cc2oc(=O)[nH]c2cc1Oc1cncc(Br)c1. The first-order chi connectivity index (χ1) is 9.11. The van der Waals surface area contributed by atoms with Gasteiger partial charge in [-0.05, 0) is 22.0 Å². The van der Waals surface area contributed by atoms with Gasteiger partial charge in [0.1, 0.15) is 5.75 Å². The van der Waals surface area contributed by atoms with E-state index in [0.29, 0.717) is 28.3 Å². The number of ether oxygens (including phenoxy) is 1. The molecule has 0 aliphatic heterocycles. The van der Waals surface area contributed by atoms with E-state index in [-0.39, 0.29) is 0 Å². The summed E-state index contributed by atoms with van der Waals surface area (Å²) >= 11 is 3.30. The van der Waals surface area contributed by atoms with Gasteiger partial charge in [-0.1, -0.05) is 0 Å². The van der Waals surface area contributed by atoms with Crippen LogP contribution in [-0.2, 0) is 0 Å². The van der Waals surface area contributed by atoms with Crippen LogP contribution in [0.1, 0.15) is 0 Å². The van der Waals surface area contributed by atoms with E-state index in [1.54, 1.807) is 24.5 Å². The summed E-state index contributed by atoms with van der Waals surface area (Å²) in [5.74, 6) is 0.423. The number of aromatic nitrogens is 2. The van der Waals surface area contributed by atoms with Gasteiger partial charge < -0.3 is 14.9 Å². The van der Waals surface area contributed by atoms with E-state index in [1.165, 1.54) is 6.07 Å². The zero-order valence-corrected chi connectivity index (χ0v) is 11.1. The molecular weight excluding hydrogens is 314 g/mol. The predicted molar refractivity (Wildman–Crippen MR) is 73.3 cm³/mol. The summed E-state index contributed by atoms with van der Waals surface area (Å²) in [6.07, 6.45) is 3.21. The molecule has 19 heavy (non-hydrogen) atoms. The highest BCUT2D eigenvalue weighted by atomic mass is 79.9. The van der Waals surface area contributed by atoms with Crippen molar-refractivity contribution >= 4 is 32.7 Å². The molecule has 3 N–H and O–H groups in total. The van der Waals surface area contributed by atoms with Gasteiger partial charge in [-0.25, -0.2) is 4.79 Å². The lowest BCUT2D eigenvalue weighted by atomic mass is 10.2. The predicted octanol–water partition coefficient (Wildman–Crippen LogP) is 2.65. The fourth-order valence-electron chi connectivity index (χ4n) is 1.66. The number of halogens is 1. The first-order valence-electron chi connectivity index (χ1n) is 5.32. The van der Waals surface area contributed by atoms with Crippen molar-refractivity contribution in [2.45, 2.75) is 0 Å². The lowest BCUT2D eigenvalue weighted by molar-refractivity contribution is 0.482. The fourth-order valence-corrected chi connectivity index (χ4v) is 2.00. The molecule has 0 saturated heterocycles. The third-order valence-corrected chi connectivity index (χ3v) is 2.89. The average molecular weight is 322 g/mol. The number of nitrogens with one attached hydrogen (secondary N) is 1. The Labute approximate surface area is 115 Å². The summed E-state index contributed by atoms with van der Waals surface area (Å²) in [4.78, 5) is 17.6. The molecule has 0 aliphatic rings. The summed E-state index contributed by atoms with van der Waals surface area (Å²) in [5, 5.41) is 0. The van der Waals surface area contributed by atoms with Crippen molar-refractivity contribution in [3.8, 4) is 11.5 Å². The minimum absolute atomic E-state index is 0.371. The van der Waals surface area contributed by atoms with E-state index in [9.17, 15) is 4.79 Å². The Morgan fingerprint density at radius 3 is 2.95 bits per heavy atom. The number of oxazole rings is 1. The van der Waals surface area contributed by atoms with Crippen LogP contribution < -0.4 is 16.2 Å². The van der Waals surface area contributed by atoms with Crippen molar-refractivity contribution < 1.29 is 9.15 Å². The number of hydrogen-bond donors (Lipinski definition) is 2. The standard InChI is InChI=1S/C12H8BrN3O3/c13-6-1-7(5-15-4-6)18-10-3-9-11(2-8(10)14)19-12(17)16-9/h1-5H,14H2,(H,16,17). The number of aromatic amines is 1. The third-order valence-electron chi connectivity index (χ3n) is 2.46. The van der Waals surface area contributed by atoms with E-state index in [4.69, 9.17) is 14.9 Å². The summed E-state index contributed by atoms with van der Waals surface area (Å²) in [7, 11) is 0. The first-order valence-corrected chi connectivity index (χ1v) is 6.12. The van der Waals surface area contributed by atoms with Crippen LogP contribution in [-0.4, -0.2) is 9.97 Å². The van der Waals surface area contributed by atoms with E-state index < -0.39 is 5.76 Å². The van der Waals surface area contributed by atoms with E-state index >= 15 is 0 Å². The maximum absolute atomic E-state index is 11.1. The molecule has 3 rings (SSSR count). The second-order valence-electron chi connectivity index (χ2n) is 3.84. The van der Waals surface area contributed by atoms with Crippen LogP contribution in [0.2, 0.25) is 0 Å². The summed E-state index contributed by atoms with van der Waals surface area (Å²) in [6.45, 7) is 0. The number of anilines is 1. The third kappa shape index (κ3) is 2.32. The summed E-state index contributed by atoms with van der Waals surface area (Å²) < 4.78 is 11.3. The molecule has 1 aromatic carbocycles. The van der Waals surface area contributed by atoms with Crippen molar-refractivity contribution in [2.24, 2.45) is 0 Å². The second-order valence-corrected chi connectivity index (χ2v) is 4.76. The Balaban J connectivity index is 2.04. The van der Waals surface area contributed by atoms with Crippen LogP contribution in [0.5, 0.6) is 11.5 Å². The largest absolute Gasteiger partial charge is 0.453 e. The number of nitrogens with zero attached hydrogens (tertiary/aromatic N) is 1. The maximum Gasteiger partial charge on any atom is 0.417 e. The molecule has 2 heterocycles. The van der Waals surface area contributed by atoms with Gasteiger partial charge in [-0.15, -0.1) is 0 Å². The minimum Gasteiger partial charge on any atom is -0.453 e. The number of H-pyrrole nitrogens is 1. The lowest BCUT2D eigenvalue weighted by Crippen LogP contribution is -1.93. The Hall–Kier alpha value is -2.28. The monoisotopic (exact) mass is 321 g/mol. The molecule has 0 radical (unpaired) electrons. The van der Waals surface area contributed by atoms with Gasteiger partial charge in [0.15, 0.2) is 11.3 Å². The topological polar surface area (TPSA) is 94.1 Å². The van der Waals surface area contributed by atoms with Gasteiger partial charge in [0.25, 0.3) is 0 Å². The maximum atomic E-state index is 11.1. The molecule has 0 spiro atoms. The van der Waals surface area contributed by atoms with Gasteiger partial charge in [0.05, 0.1) is 17.4 Å². The van der Waals surface area contributed by atoms with Gasteiger partial charge in [0, 0.05) is 22.8 Å². The van der Waals surface area contributed by atoms with E-state index in [1.807, 2.05) is 0 Å². The second kappa shape index (κ2) is 4.43. The van der Waals surface area contributed by atoms with Crippen molar-refractivity contribution in [3.63, 3.8) is 0 Å². The molecule has 3 aromatic rings. The van der Waals surface area contributed by atoms with Crippen molar-refractivity contribution in [1.29, 1.82) is 0 Å². The summed E-state index contributed by atoms with van der Waals surface area (Å²) in [5.41, 5.74) is 7.14. The van der Waals surface area contributed by atoms with Gasteiger partial charge >= 0.3 is 5.76 Å². The molecule has 0 aliphatic carbocycles. The highest BCUT2D eigenvalue weighted by molar-refractivity contribution is 9.10. The number of pyridine rings is 1. The number of benzene rings is 1. The van der Waals surface area contributed by atoms with Crippen LogP contribution in [0.4, 0.5) is 5.69 Å². The highest BCUT2D eigenvalue weighted by Gasteiger charge is 2.09. The quantitative estimate of drug-likeness (QED) is 0.707. The highest BCUT2D eigenvalue weighted by Crippen LogP contribution is 2.31. The Morgan fingerprint density at radius 1 is 1.32 bits per heavy atom. The lowest BCUT2D eigenvalue weighted by Gasteiger charge is -2.07. The summed E-state index contributed by atoms with van der Waals surface area (Å²) in [6, 6.07) is 4.90. The number of hydrogen-bond acceptors (Lipinski definition) is 5. The minimum atomic E-state index is -0.532. The Morgan fingerprint density at radius 2 is 2.16 bits per heavy atom. The molecule has 2 aromatic heterocycles. The number of rotatable bonds is 2. The smallest absolute Gasteiger partial charge is 0.417 e. The molecule has 96 valence electrons. The van der Waals surface area contributed by atoms with E-state index in [0.717, 1.165) is 4.47 Å². The molecular formula is C12H8BrN3O3. The Kier molecular flexibility index (Phi) is 2.75. The number of fused-ring (bicyclic) bond motifs is 1. The van der Waals surface area contributed by atoms with Crippen LogP contribution >= 0.6 is 15.9 Å². The van der Waals surface area contributed by atoms with Crippen LogP contribution in [0.3, 0.4) is 0 Å². The van der Waals surface area contributed by atoms with Crippen molar-refractivity contribution in [2.75, 3.05) is 5.73 Å². The van der Waals surface area contributed by atoms with Crippen molar-refractivity contribution in [3.05, 3.63) is 45.6 Å². The van der Waals surface area contributed by atoms with Gasteiger partial charge in [-0.2, -0.15) is 0 Å². The van der Waals surface area contributed by atoms with Crippen LogP contribution in [0, 0.1) is 0 Å². The Bertz CT molecular complexity index is 809. The normalized spacial score (nSPS) is 10.8. The van der Waals surface area contributed by atoms with Crippen LogP contribution in [0.25, 0.3) is 11.1 Å². The first kappa shape index (κ1) is 11.8. The molecule has 0 bridgehead atoms. The molecule has 7 heteroatoms. The number of nitrogen functional groups attached to an aromatic ring is 1.